The van der Waals surface area contributed by atoms with E-state index in [4.69, 9.17) is 22.3 Å². The first-order valence-corrected chi connectivity index (χ1v) is 5.84. The fourth-order valence-electron chi connectivity index (χ4n) is 1.07. The summed E-state index contributed by atoms with van der Waals surface area (Å²) in [5, 5.41) is 3.10. The summed E-state index contributed by atoms with van der Waals surface area (Å²) < 4.78 is 10.3. The van der Waals surface area contributed by atoms with Gasteiger partial charge in [-0.25, -0.2) is 0 Å². The van der Waals surface area contributed by atoms with E-state index in [0.717, 1.165) is 6.42 Å². The van der Waals surface area contributed by atoms with Crippen LogP contribution in [-0.2, 0) is 0 Å². The van der Waals surface area contributed by atoms with Gasteiger partial charge in [-0.15, -0.1) is 17.8 Å². The third-order valence-electron chi connectivity index (χ3n) is 2.15. The summed E-state index contributed by atoms with van der Waals surface area (Å²) in [5.41, 5.74) is 0. The molecule has 6 heteroatoms. The van der Waals surface area contributed by atoms with Crippen molar-refractivity contribution < 1.29 is 9.47 Å². The minimum absolute atomic E-state index is 0.0708. The second kappa shape index (κ2) is 7.78. The molecule has 0 aliphatic rings. The monoisotopic (exact) mass is 260 g/mol. The van der Waals surface area contributed by atoms with Crippen molar-refractivity contribution in [1.29, 1.82) is 0 Å². The molecule has 0 fully saturated rings. The lowest BCUT2D eigenvalue weighted by Gasteiger charge is -2.12. The Morgan fingerprint density at radius 3 is 2.05 bits per heavy atom. The maximum absolute atomic E-state index is 5.16. The standard InChI is InChI=1S/C13H16N4O2/c1-5-8-18-12-15-11(14-10(4)7-3)16-13(17-12)19-9-6-2/h1-2,10H,7-9H2,3-4H3,(H,14,15,16,17). The van der Waals surface area contributed by atoms with Crippen LogP contribution in [0.15, 0.2) is 0 Å². The molecule has 1 rings (SSSR count). The number of anilines is 1. The number of nitrogens with one attached hydrogen (secondary N) is 1. The molecule has 6 nitrogen and oxygen atoms in total. The Balaban J connectivity index is 2.89. The van der Waals surface area contributed by atoms with Crippen molar-refractivity contribution in [3.63, 3.8) is 0 Å². The van der Waals surface area contributed by atoms with Crippen molar-refractivity contribution in [1.82, 2.24) is 15.0 Å². The second-order valence-electron chi connectivity index (χ2n) is 3.66. The quantitative estimate of drug-likeness (QED) is 0.740. The molecule has 1 unspecified atom stereocenters. The Labute approximate surface area is 113 Å². The van der Waals surface area contributed by atoms with Gasteiger partial charge in [-0.1, -0.05) is 18.8 Å². The first kappa shape index (κ1) is 14.6. The fraction of sp³-hybridized carbons (Fsp3) is 0.462. The highest BCUT2D eigenvalue weighted by Crippen LogP contribution is 2.14. The first-order valence-electron chi connectivity index (χ1n) is 5.84. The molecule has 0 radical (unpaired) electrons. The second-order valence-corrected chi connectivity index (χ2v) is 3.66. The van der Waals surface area contributed by atoms with Crippen LogP contribution in [0.3, 0.4) is 0 Å². The van der Waals surface area contributed by atoms with E-state index in [1.807, 2.05) is 13.8 Å². The van der Waals surface area contributed by atoms with E-state index in [0.29, 0.717) is 5.95 Å². The number of terminal acetylenes is 2. The summed E-state index contributed by atoms with van der Waals surface area (Å²) in [7, 11) is 0. The van der Waals surface area contributed by atoms with Crippen LogP contribution in [0.4, 0.5) is 5.95 Å². The molecule has 0 saturated carbocycles. The van der Waals surface area contributed by atoms with Gasteiger partial charge in [0, 0.05) is 6.04 Å². The Morgan fingerprint density at radius 1 is 1.11 bits per heavy atom. The van der Waals surface area contributed by atoms with Crippen molar-refractivity contribution in [2.24, 2.45) is 0 Å². The van der Waals surface area contributed by atoms with Crippen molar-refractivity contribution in [3.8, 4) is 36.7 Å². The van der Waals surface area contributed by atoms with Crippen LogP contribution in [0.2, 0.25) is 0 Å². The third kappa shape index (κ3) is 5.13. The maximum Gasteiger partial charge on any atom is 0.325 e. The number of hydrogen-bond donors (Lipinski definition) is 1. The van der Waals surface area contributed by atoms with E-state index >= 15 is 0 Å². The van der Waals surface area contributed by atoms with Crippen LogP contribution in [0.5, 0.6) is 12.0 Å². The molecule has 1 aromatic heterocycles. The number of ether oxygens (including phenoxy) is 2. The lowest BCUT2D eigenvalue weighted by molar-refractivity contribution is 0.304. The van der Waals surface area contributed by atoms with Crippen LogP contribution in [0.1, 0.15) is 20.3 Å². The van der Waals surface area contributed by atoms with Crippen LogP contribution in [-0.4, -0.2) is 34.2 Å². The number of nitrogens with zero attached hydrogens (tertiary/aromatic N) is 3. The van der Waals surface area contributed by atoms with Gasteiger partial charge in [0.15, 0.2) is 13.2 Å². The largest absolute Gasteiger partial charge is 0.450 e. The molecule has 0 amide bonds. The molecule has 100 valence electrons. The molecule has 1 aromatic rings. The van der Waals surface area contributed by atoms with Crippen LogP contribution >= 0.6 is 0 Å². The molecule has 0 aliphatic heterocycles. The predicted octanol–water partition coefficient (Wildman–Crippen LogP) is 1.11. The van der Waals surface area contributed by atoms with Gasteiger partial charge in [-0.05, 0) is 13.3 Å². The average molecular weight is 260 g/mol. The Hall–Kier alpha value is -2.47. The molecular weight excluding hydrogens is 244 g/mol. The number of rotatable bonds is 7. The Bertz CT molecular complexity index is 454. The molecule has 0 bridgehead atoms. The highest BCUT2D eigenvalue weighted by molar-refractivity contribution is 5.28. The van der Waals surface area contributed by atoms with Gasteiger partial charge in [0.05, 0.1) is 0 Å². The molecule has 0 saturated heterocycles. The van der Waals surface area contributed by atoms with Crippen molar-refractivity contribution in [2.45, 2.75) is 26.3 Å². The summed E-state index contributed by atoms with van der Waals surface area (Å²) in [6, 6.07) is 0.417. The van der Waals surface area contributed by atoms with Gasteiger partial charge in [-0.2, -0.15) is 9.97 Å². The van der Waals surface area contributed by atoms with E-state index < -0.39 is 0 Å². The molecular formula is C13H16N4O2. The summed E-state index contributed by atoms with van der Waals surface area (Å²) in [6.07, 6.45) is 11.2. The van der Waals surface area contributed by atoms with Gasteiger partial charge in [0.1, 0.15) is 0 Å². The minimum Gasteiger partial charge on any atom is -0.450 e. The molecule has 1 atom stereocenters. The highest BCUT2D eigenvalue weighted by atomic mass is 16.5. The summed E-state index contributed by atoms with van der Waals surface area (Å²) in [6.45, 7) is 4.20. The molecule has 1 heterocycles. The molecule has 0 aromatic carbocycles. The summed E-state index contributed by atoms with van der Waals surface area (Å²) >= 11 is 0. The van der Waals surface area contributed by atoms with E-state index in [9.17, 15) is 0 Å². The lowest BCUT2D eigenvalue weighted by Crippen LogP contribution is -2.17. The molecule has 19 heavy (non-hydrogen) atoms. The van der Waals surface area contributed by atoms with E-state index in [-0.39, 0.29) is 31.3 Å². The van der Waals surface area contributed by atoms with E-state index in [2.05, 4.69) is 32.1 Å². The minimum atomic E-state index is 0.0708. The summed E-state index contributed by atoms with van der Waals surface area (Å²) in [5.74, 6) is 5.03. The van der Waals surface area contributed by atoms with Crippen molar-refractivity contribution in [2.75, 3.05) is 18.5 Å². The lowest BCUT2D eigenvalue weighted by atomic mass is 10.3. The van der Waals surface area contributed by atoms with E-state index in [1.54, 1.807) is 0 Å². The zero-order valence-electron chi connectivity index (χ0n) is 11.0. The number of hydrogen-bond acceptors (Lipinski definition) is 6. The van der Waals surface area contributed by atoms with E-state index in [1.165, 1.54) is 0 Å². The van der Waals surface area contributed by atoms with Gasteiger partial charge in [-0.3, -0.25) is 0 Å². The van der Waals surface area contributed by atoms with Gasteiger partial charge in [0.25, 0.3) is 0 Å². The maximum atomic E-state index is 5.16. The Morgan fingerprint density at radius 2 is 1.63 bits per heavy atom. The summed E-state index contributed by atoms with van der Waals surface area (Å²) in [4.78, 5) is 12.1. The third-order valence-corrected chi connectivity index (χ3v) is 2.15. The Kier molecular flexibility index (Phi) is 5.97. The van der Waals surface area contributed by atoms with Crippen LogP contribution < -0.4 is 14.8 Å². The predicted molar refractivity (Wildman–Crippen MR) is 71.9 cm³/mol. The molecule has 1 N–H and O–H groups in total. The highest BCUT2D eigenvalue weighted by Gasteiger charge is 2.10. The zero-order chi connectivity index (χ0) is 14.1. The fourth-order valence-corrected chi connectivity index (χ4v) is 1.07. The normalized spacial score (nSPS) is 10.9. The molecule has 0 aliphatic carbocycles. The zero-order valence-corrected chi connectivity index (χ0v) is 11.0. The van der Waals surface area contributed by atoms with Crippen LogP contribution in [0, 0.1) is 24.7 Å². The van der Waals surface area contributed by atoms with Crippen LogP contribution in [0.25, 0.3) is 0 Å². The smallest absolute Gasteiger partial charge is 0.325 e. The van der Waals surface area contributed by atoms with Gasteiger partial charge in [0.2, 0.25) is 5.95 Å². The van der Waals surface area contributed by atoms with Crippen molar-refractivity contribution >= 4 is 5.95 Å². The topological polar surface area (TPSA) is 69.2 Å². The molecule has 0 spiro atoms. The average Bonchev–Trinajstić information content (AvgIpc) is 2.42. The van der Waals surface area contributed by atoms with Gasteiger partial charge < -0.3 is 14.8 Å². The van der Waals surface area contributed by atoms with Crippen molar-refractivity contribution in [3.05, 3.63) is 0 Å². The van der Waals surface area contributed by atoms with Gasteiger partial charge >= 0.3 is 12.0 Å². The SMILES string of the molecule is C#CCOc1nc(NC(C)CC)nc(OCC#C)n1. The number of aromatic nitrogens is 3. The first-order chi connectivity index (χ1) is 9.19.